The molecule has 0 N–H and O–H groups in total. The lowest BCUT2D eigenvalue weighted by atomic mass is 10.2. The number of carbonyl (C=O) groups excluding carboxylic acids is 1. The van der Waals surface area contributed by atoms with E-state index >= 15 is 0 Å². The number of hydrogen-bond acceptors (Lipinski definition) is 5. The van der Waals surface area contributed by atoms with Gasteiger partial charge in [-0.1, -0.05) is 30.3 Å². The monoisotopic (exact) mass is 280 g/mol. The zero-order valence-electron chi connectivity index (χ0n) is 11.1. The van der Waals surface area contributed by atoms with Gasteiger partial charge in [0.1, 0.15) is 12.9 Å². The first-order chi connectivity index (χ1) is 10.3. The molecule has 0 aliphatic rings. The summed E-state index contributed by atoms with van der Waals surface area (Å²) in [5, 5.41) is 3.99. The van der Waals surface area contributed by atoms with Crippen molar-refractivity contribution in [1.82, 2.24) is 19.7 Å². The highest BCUT2D eigenvalue weighted by Crippen LogP contribution is 2.15. The maximum atomic E-state index is 12.1. The standard InChI is InChI=1S/C15H12N4O2/c20-15(21-10-12-4-2-1-3-5-12)19-14(7-9-18-19)13-6-8-16-11-17-13/h1-9,11H,10H2. The first-order valence-electron chi connectivity index (χ1n) is 6.36. The molecule has 2 aromatic heterocycles. The number of ether oxygens (including phenoxy) is 1. The summed E-state index contributed by atoms with van der Waals surface area (Å²) >= 11 is 0. The van der Waals surface area contributed by atoms with Gasteiger partial charge >= 0.3 is 6.09 Å². The van der Waals surface area contributed by atoms with Gasteiger partial charge in [0.05, 0.1) is 17.6 Å². The van der Waals surface area contributed by atoms with Gasteiger partial charge in [0.15, 0.2) is 0 Å². The molecular weight excluding hydrogens is 268 g/mol. The Balaban J connectivity index is 1.76. The molecule has 0 saturated heterocycles. The maximum absolute atomic E-state index is 12.1. The number of hydrogen-bond donors (Lipinski definition) is 0. The van der Waals surface area contributed by atoms with Crippen molar-refractivity contribution < 1.29 is 9.53 Å². The molecule has 104 valence electrons. The second kappa shape index (κ2) is 5.96. The average Bonchev–Trinajstić information content (AvgIpc) is 3.04. The Kier molecular flexibility index (Phi) is 3.68. The molecule has 0 aliphatic heterocycles. The number of benzene rings is 1. The van der Waals surface area contributed by atoms with E-state index in [4.69, 9.17) is 4.74 Å². The van der Waals surface area contributed by atoms with Crippen LogP contribution in [0.25, 0.3) is 11.4 Å². The molecule has 0 bridgehead atoms. The van der Waals surface area contributed by atoms with Crippen LogP contribution in [0.5, 0.6) is 0 Å². The summed E-state index contributed by atoms with van der Waals surface area (Å²) < 4.78 is 6.44. The van der Waals surface area contributed by atoms with Crippen molar-refractivity contribution in [3.05, 3.63) is 66.7 Å². The second-order valence-corrected chi connectivity index (χ2v) is 4.26. The van der Waals surface area contributed by atoms with Crippen molar-refractivity contribution in [3.8, 4) is 11.4 Å². The van der Waals surface area contributed by atoms with E-state index in [9.17, 15) is 4.79 Å². The molecule has 2 heterocycles. The lowest BCUT2D eigenvalue weighted by molar-refractivity contribution is 0.138. The van der Waals surface area contributed by atoms with Crippen LogP contribution < -0.4 is 0 Å². The van der Waals surface area contributed by atoms with E-state index in [1.54, 1.807) is 18.3 Å². The van der Waals surface area contributed by atoms with Crippen LogP contribution in [0.2, 0.25) is 0 Å². The van der Waals surface area contributed by atoms with Crippen LogP contribution in [0, 0.1) is 0 Å². The molecule has 0 unspecified atom stereocenters. The van der Waals surface area contributed by atoms with Gasteiger partial charge in [-0.25, -0.2) is 14.8 Å². The van der Waals surface area contributed by atoms with Crippen molar-refractivity contribution in [3.63, 3.8) is 0 Å². The van der Waals surface area contributed by atoms with Crippen LogP contribution >= 0.6 is 0 Å². The van der Waals surface area contributed by atoms with Gasteiger partial charge in [-0.2, -0.15) is 9.78 Å². The molecule has 3 rings (SSSR count). The van der Waals surface area contributed by atoms with Crippen molar-refractivity contribution in [2.45, 2.75) is 6.61 Å². The zero-order chi connectivity index (χ0) is 14.5. The highest BCUT2D eigenvalue weighted by atomic mass is 16.6. The summed E-state index contributed by atoms with van der Waals surface area (Å²) in [6.07, 6.45) is 4.01. The fourth-order valence-corrected chi connectivity index (χ4v) is 1.87. The topological polar surface area (TPSA) is 69.9 Å². The Morgan fingerprint density at radius 3 is 2.71 bits per heavy atom. The smallest absolute Gasteiger partial charge is 0.435 e. The van der Waals surface area contributed by atoms with E-state index in [1.165, 1.54) is 17.2 Å². The Labute approximate surface area is 121 Å². The third-order valence-corrected chi connectivity index (χ3v) is 2.87. The fraction of sp³-hybridized carbons (Fsp3) is 0.0667. The molecule has 0 radical (unpaired) electrons. The van der Waals surface area contributed by atoms with E-state index in [0.717, 1.165) is 5.56 Å². The molecule has 6 heteroatoms. The molecule has 6 nitrogen and oxygen atoms in total. The van der Waals surface area contributed by atoms with Gasteiger partial charge in [0.2, 0.25) is 0 Å². The van der Waals surface area contributed by atoms with Crippen molar-refractivity contribution >= 4 is 6.09 Å². The quantitative estimate of drug-likeness (QED) is 0.737. The van der Waals surface area contributed by atoms with Crippen LogP contribution in [0.4, 0.5) is 4.79 Å². The van der Waals surface area contributed by atoms with Crippen LogP contribution in [-0.4, -0.2) is 25.8 Å². The van der Waals surface area contributed by atoms with E-state index < -0.39 is 6.09 Å². The van der Waals surface area contributed by atoms with E-state index in [1.807, 2.05) is 30.3 Å². The first-order valence-corrected chi connectivity index (χ1v) is 6.36. The molecule has 0 aliphatic carbocycles. The normalized spacial score (nSPS) is 10.3. The summed E-state index contributed by atoms with van der Waals surface area (Å²) in [6.45, 7) is 0.197. The van der Waals surface area contributed by atoms with Gasteiger partial charge in [-0.3, -0.25) is 0 Å². The highest BCUT2D eigenvalue weighted by Gasteiger charge is 2.14. The largest absolute Gasteiger partial charge is 0.443 e. The van der Waals surface area contributed by atoms with Gasteiger partial charge in [0, 0.05) is 6.20 Å². The summed E-state index contributed by atoms with van der Waals surface area (Å²) in [4.78, 5) is 20.1. The van der Waals surface area contributed by atoms with Crippen LogP contribution in [0.15, 0.2) is 61.2 Å². The minimum Gasteiger partial charge on any atom is -0.443 e. The molecule has 21 heavy (non-hydrogen) atoms. The number of aromatic nitrogens is 4. The van der Waals surface area contributed by atoms with Crippen LogP contribution in [-0.2, 0) is 11.3 Å². The third-order valence-electron chi connectivity index (χ3n) is 2.87. The number of nitrogens with zero attached hydrogens (tertiary/aromatic N) is 4. The van der Waals surface area contributed by atoms with Gasteiger partial charge < -0.3 is 4.74 Å². The molecule has 0 atom stereocenters. The van der Waals surface area contributed by atoms with Crippen LogP contribution in [0.3, 0.4) is 0 Å². The summed E-state index contributed by atoms with van der Waals surface area (Å²) in [6, 6.07) is 12.9. The fourth-order valence-electron chi connectivity index (χ4n) is 1.87. The molecule has 3 aromatic rings. The molecule has 0 spiro atoms. The Hall–Kier alpha value is -3.02. The van der Waals surface area contributed by atoms with E-state index in [-0.39, 0.29) is 6.61 Å². The summed E-state index contributed by atoms with van der Waals surface area (Å²) in [7, 11) is 0. The van der Waals surface area contributed by atoms with Crippen molar-refractivity contribution in [1.29, 1.82) is 0 Å². The predicted molar refractivity (Wildman–Crippen MR) is 75.3 cm³/mol. The molecule has 0 saturated carbocycles. The molecular formula is C15H12N4O2. The summed E-state index contributed by atoms with van der Waals surface area (Å²) in [5.74, 6) is 0. The minimum absolute atomic E-state index is 0.197. The Morgan fingerprint density at radius 2 is 1.95 bits per heavy atom. The van der Waals surface area contributed by atoms with Crippen molar-refractivity contribution in [2.75, 3.05) is 0 Å². The molecule has 0 fully saturated rings. The van der Waals surface area contributed by atoms with E-state index in [0.29, 0.717) is 11.4 Å². The first kappa shape index (κ1) is 13.0. The lowest BCUT2D eigenvalue weighted by Crippen LogP contribution is -2.16. The predicted octanol–water partition coefficient (Wildman–Crippen LogP) is 2.53. The molecule has 0 amide bonds. The van der Waals surface area contributed by atoms with Crippen molar-refractivity contribution in [2.24, 2.45) is 0 Å². The minimum atomic E-state index is -0.544. The van der Waals surface area contributed by atoms with Gasteiger partial charge in [-0.05, 0) is 17.7 Å². The Morgan fingerprint density at radius 1 is 1.10 bits per heavy atom. The maximum Gasteiger partial charge on any atom is 0.435 e. The average molecular weight is 280 g/mol. The van der Waals surface area contributed by atoms with Crippen LogP contribution in [0.1, 0.15) is 5.56 Å². The second-order valence-electron chi connectivity index (χ2n) is 4.26. The van der Waals surface area contributed by atoms with E-state index in [2.05, 4.69) is 15.1 Å². The van der Waals surface area contributed by atoms with Gasteiger partial charge in [-0.15, -0.1) is 0 Å². The zero-order valence-corrected chi connectivity index (χ0v) is 11.1. The SMILES string of the molecule is O=C(OCc1ccccc1)n1nccc1-c1ccncn1. The number of rotatable bonds is 3. The summed E-state index contributed by atoms with van der Waals surface area (Å²) in [5.41, 5.74) is 2.09. The Bertz CT molecular complexity index is 726. The number of carbonyl (C=O) groups is 1. The lowest BCUT2D eigenvalue weighted by Gasteiger charge is -2.07. The third kappa shape index (κ3) is 2.94. The van der Waals surface area contributed by atoms with Gasteiger partial charge in [0.25, 0.3) is 0 Å². The molecule has 1 aromatic carbocycles. The highest BCUT2D eigenvalue weighted by molar-refractivity contribution is 5.75.